The van der Waals surface area contributed by atoms with Crippen LogP contribution in [0.4, 0.5) is 0 Å². The lowest BCUT2D eigenvalue weighted by Crippen LogP contribution is -2.11. The molecular formula is C15H22O4. The largest absolute Gasteiger partial charge is 0.491 e. The van der Waals surface area contributed by atoms with Crippen molar-refractivity contribution in [1.82, 2.24) is 0 Å². The summed E-state index contributed by atoms with van der Waals surface area (Å²) in [5.41, 5.74) is 1.14. The Morgan fingerprint density at radius 1 is 1.21 bits per heavy atom. The lowest BCUT2D eigenvalue weighted by molar-refractivity contribution is 0.0552. The van der Waals surface area contributed by atoms with E-state index in [0.717, 1.165) is 17.9 Å². The van der Waals surface area contributed by atoms with Gasteiger partial charge < -0.3 is 18.9 Å². The van der Waals surface area contributed by atoms with Crippen LogP contribution in [0.2, 0.25) is 0 Å². The summed E-state index contributed by atoms with van der Waals surface area (Å²) in [6, 6.07) is 7.96. The molecule has 0 aromatic heterocycles. The molecule has 0 N–H and O–H groups in total. The molecule has 0 spiro atoms. The Hall–Kier alpha value is -1.10. The third-order valence-corrected chi connectivity index (χ3v) is 2.70. The molecule has 0 saturated carbocycles. The monoisotopic (exact) mass is 266 g/mol. The van der Waals surface area contributed by atoms with Crippen molar-refractivity contribution in [3.05, 3.63) is 29.8 Å². The average molecular weight is 266 g/mol. The summed E-state index contributed by atoms with van der Waals surface area (Å²) in [6.45, 7) is 7.37. The van der Waals surface area contributed by atoms with E-state index < -0.39 is 0 Å². The summed E-state index contributed by atoms with van der Waals surface area (Å²) in [4.78, 5) is 0. The minimum atomic E-state index is 0.249. The highest BCUT2D eigenvalue weighted by atomic mass is 16.6. The molecule has 1 aliphatic rings. The van der Waals surface area contributed by atoms with Gasteiger partial charge in [0.05, 0.1) is 32.5 Å². The maximum Gasteiger partial charge on any atom is 0.119 e. The fourth-order valence-electron chi connectivity index (χ4n) is 1.60. The molecule has 1 fully saturated rings. The molecule has 0 amide bonds. The first-order valence-corrected chi connectivity index (χ1v) is 6.77. The van der Waals surface area contributed by atoms with Crippen molar-refractivity contribution in [2.75, 3.05) is 26.4 Å². The SMILES string of the molecule is CC(C)OCCOc1ccc(COCC2CO2)cc1. The normalized spacial score (nSPS) is 17.7. The molecule has 1 aromatic carbocycles. The zero-order valence-electron chi connectivity index (χ0n) is 11.6. The maximum absolute atomic E-state index is 5.58. The summed E-state index contributed by atoms with van der Waals surface area (Å²) in [6.07, 6.45) is 0.571. The molecule has 1 unspecified atom stereocenters. The van der Waals surface area contributed by atoms with E-state index >= 15 is 0 Å². The van der Waals surface area contributed by atoms with Gasteiger partial charge in [-0.1, -0.05) is 12.1 Å². The highest BCUT2D eigenvalue weighted by Crippen LogP contribution is 2.14. The Morgan fingerprint density at radius 2 is 1.95 bits per heavy atom. The Bertz CT molecular complexity index is 357. The van der Waals surface area contributed by atoms with E-state index in [2.05, 4.69) is 0 Å². The quantitative estimate of drug-likeness (QED) is 0.508. The van der Waals surface area contributed by atoms with E-state index in [-0.39, 0.29) is 6.10 Å². The Morgan fingerprint density at radius 3 is 2.58 bits per heavy atom. The lowest BCUT2D eigenvalue weighted by atomic mass is 10.2. The van der Waals surface area contributed by atoms with Crippen LogP contribution >= 0.6 is 0 Å². The number of ether oxygens (including phenoxy) is 4. The molecule has 0 radical (unpaired) electrons. The van der Waals surface area contributed by atoms with E-state index in [1.807, 2.05) is 38.1 Å². The predicted molar refractivity (Wildman–Crippen MR) is 72.4 cm³/mol. The van der Waals surface area contributed by atoms with Crippen molar-refractivity contribution in [2.24, 2.45) is 0 Å². The van der Waals surface area contributed by atoms with E-state index in [4.69, 9.17) is 18.9 Å². The highest BCUT2D eigenvalue weighted by molar-refractivity contribution is 5.26. The van der Waals surface area contributed by atoms with Crippen molar-refractivity contribution in [3.8, 4) is 5.75 Å². The van der Waals surface area contributed by atoms with Gasteiger partial charge in [-0.15, -0.1) is 0 Å². The van der Waals surface area contributed by atoms with Crippen LogP contribution in [0.5, 0.6) is 5.75 Å². The molecule has 1 heterocycles. The first kappa shape index (κ1) is 14.3. The molecule has 1 aliphatic heterocycles. The van der Waals surface area contributed by atoms with Gasteiger partial charge in [-0.2, -0.15) is 0 Å². The zero-order chi connectivity index (χ0) is 13.5. The number of benzene rings is 1. The summed E-state index contributed by atoms with van der Waals surface area (Å²) in [7, 11) is 0. The molecular weight excluding hydrogens is 244 g/mol. The molecule has 106 valence electrons. The summed E-state index contributed by atoms with van der Waals surface area (Å²) in [5, 5.41) is 0. The molecule has 1 aromatic rings. The maximum atomic E-state index is 5.58. The Balaban J connectivity index is 1.62. The van der Waals surface area contributed by atoms with Gasteiger partial charge in [0.1, 0.15) is 18.5 Å². The van der Waals surface area contributed by atoms with Crippen LogP contribution in [-0.2, 0) is 20.8 Å². The van der Waals surface area contributed by atoms with Crippen molar-refractivity contribution in [3.63, 3.8) is 0 Å². The number of hydrogen-bond donors (Lipinski definition) is 0. The second-order valence-electron chi connectivity index (χ2n) is 4.88. The molecule has 1 saturated heterocycles. The van der Waals surface area contributed by atoms with Crippen molar-refractivity contribution >= 4 is 0 Å². The van der Waals surface area contributed by atoms with Gasteiger partial charge in [0, 0.05) is 0 Å². The second-order valence-corrected chi connectivity index (χ2v) is 4.88. The molecule has 0 aliphatic carbocycles. The first-order chi connectivity index (χ1) is 9.24. The summed E-state index contributed by atoms with van der Waals surface area (Å²) in [5.74, 6) is 0.863. The van der Waals surface area contributed by atoms with Crippen molar-refractivity contribution < 1.29 is 18.9 Å². The van der Waals surface area contributed by atoms with Gasteiger partial charge in [0.2, 0.25) is 0 Å². The van der Waals surface area contributed by atoms with Gasteiger partial charge in [-0.3, -0.25) is 0 Å². The minimum Gasteiger partial charge on any atom is -0.491 e. The Labute approximate surface area is 114 Å². The van der Waals surface area contributed by atoms with E-state index in [0.29, 0.717) is 32.5 Å². The second kappa shape index (κ2) is 7.48. The van der Waals surface area contributed by atoms with Crippen LogP contribution in [0.3, 0.4) is 0 Å². The van der Waals surface area contributed by atoms with E-state index in [1.165, 1.54) is 0 Å². The smallest absolute Gasteiger partial charge is 0.119 e. The molecule has 0 bridgehead atoms. The van der Waals surface area contributed by atoms with Crippen LogP contribution in [0, 0.1) is 0 Å². The summed E-state index contributed by atoms with van der Waals surface area (Å²) < 4.78 is 21.6. The molecule has 4 heteroatoms. The number of epoxide rings is 1. The molecule has 4 nitrogen and oxygen atoms in total. The fourth-order valence-corrected chi connectivity index (χ4v) is 1.60. The minimum absolute atomic E-state index is 0.249. The molecule has 2 rings (SSSR count). The topological polar surface area (TPSA) is 40.2 Å². The van der Waals surface area contributed by atoms with Gasteiger partial charge >= 0.3 is 0 Å². The number of rotatable bonds is 9. The van der Waals surface area contributed by atoms with Crippen LogP contribution in [-0.4, -0.2) is 38.6 Å². The van der Waals surface area contributed by atoms with Crippen molar-refractivity contribution in [1.29, 1.82) is 0 Å². The summed E-state index contributed by atoms with van der Waals surface area (Å²) >= 11 is 0. The predicted octanol–water partition coefficient (Wildman–Crippen LogP) is 2.41. The highest BCUT2D eigenvalue weighted by Gasteiger charge is 2.22. The van der Waals surface area contributed by atoms with E-state index in [1.54, 1.807) is 0 Å². The standard InChI is InChI=1S/C15H22O4/c1-12(2)17-7-8-18-14-5-3-13(4-6-14)9-16-10-15-11-19-15/h3-6,12,15H,7-11H2,1-2H3. The first-order valence-electron chi connectivity index (χ1n) is 6.77. The van der Waals surface area contributed by atoms with Gasteiger partial charge in [0.25, 0.3) is 0 Å². The van der Waals surface area contributed by atoms with Crippen molar-refractivity contribution in [2.45, 2.75) is 32.7 Å². The molecule has 19 heavy (non-hydrogen) atoms. The number of hydrogen-bond acceptors (Lipinski definition) is 4. The van der Waals surface area contributed by atoms with E-state index in [9.17, 15) is 0 Å². The zero-order valence-corrected chi connectivity index (χ0v) is 11.6. The lowest BCUT2D eigenvalue weighted by Gasteiger charge is -2.09. The fraction of sp³-hybridized carbons (Fsp3) is 0.600. The third-order valence-electron chi connectivity index (χ3n) is 2.70. The van der Waals surface area contributed by atoms with Gasteiger partial charge in [0.15, 0.2) is 0 Å². The van der Waals surface area contributed by atoms with Crippen LogP contribution in [0.1, 0.15) is 19.4 Å². The Kier molecular flexibility index (Phi) is 5.63. The van der Waals surface area contributed by atoms with Crippen LogP contribution < -0.4 is 4.74 Å². The molecule has 1 atom stereocenters. The van der Waals surface area contributed by atoms with Crippen LogP contribution in [0.15, 0.2) is 24.3 Å². The van der Waals surface area contributed by atoms with Gasteiger partial charge in [-0.25, -0.2) is 0 Å². The third kappa shape index (κ3) is 6.05. The van der Waals surface area contributed by atoms with Crippen LogP contribution in [0.25, 0.3) is 0 Å². The van der Waals surface area contributed by atoms with Gasteiger partial charge in [-0.05, 0) is 31.5 Å². The average Bonchev–Trinajstić information content (AvgIpc) is 3.20.